The first-order valence-electron chi connectivity index (χ1n) is 7.61. The molecule has 0 atom stereocenters. The number of thioether (sulfide) groups is 1. The van der Waals surface area contributed by atoms with E-state index in [2.05, 4.69) is 48.4 Å². The minimum Gasteiger partial charge on any atom is -0.269 e. The first kappa shape index (κ1) is 30.6. The molecule has 0 spiro atoms. The van der Waals surface area contributed by atoms with Crippen molar-refractivity contribution < 1.29 is 23.5 Å². The standard InChI is InChI=1S/C18H24S.5FH/c1-2-3-7-16-10-12-17(13-11-16)14-15-19-18-8-5-4-6-9-18;;;;;/h4-6,8-9,16-17H,2-3,7,10-13H2,1H3;5*1H. The second kappa shape index (κ2) is 18.1. The minimum atomic E-state index is 0. The van der Waals surface area contributed by atoms with Crippen LogP contribution in [0.2, 0.25) is 0 Å². The lowest BCUT2D eigenvalue weighted by atomic mass is 9.80. The predicted octanol–water partition coefficient (Wildman–Crippen LogP) is 6.50. The highest BCUT2D eigenvalue weighted by molar-refractivity contribution is 8.03. The number of rotatable bonds is 4. The van der Waals surface area contributed by atoms with Crippen LogP contribution in [0.4, 0.5) is 23.5 Å². The summed E-state index contributed by atoms with van der Waals surface area (Å²) >= 11 is 1.67. The van der Waals surface area contributed by atoms with Gasteiger partial charge in [0.15, 0.2) is 0 Å². The highest BCUT2D eigenvalue weighted by atomic mass is 32.2. The van der Waals surface area contributed by atoms with E-state index in [-0.39, 0.29) is 23.5 Å². The molecule has 1 fully saturated rings. The number of benzene rings is 1. The third-order valence-electron chi connectivity index (χ3n) is 3.99. The van der Waals surface area contributed by atoms with E-state index in [4.69, 9.17) is 0 Å². The van der Waals surface area contributed by atoms with E-state index < -0.39 is 0 Å². The van der Waals surface area contributed by atoms with Crippen LogP contribution in [0.3, 0.4) is 0 Å². The number of halogens is 5. The molecule has 0 aromatic heterocycles. The van der Waals surface area contributed by atoms with Crippen LogP contribution >= 0.6 is 11.8 Å². The van der Waals surface area contributed by atoms with Gasteiger partial charge in [0.05, 0.1) is 0 Å². The lowest BCUT2D eigenvalue weighted by Crippen LogP contribution is -2.13. The largest absolute Gasteiger partial charge is 0.269 e. The van der Waals surface area contributed by atoms with Crippen LogP contribution in [-0.4, -0.2) is 0 Å². The lowest BCUT2D eigenvalue weighted by Gasteiger charge is -2.25. The molecule has 1 aromatic rings. The van der Waals surface area contributed by atoms with Crippen molar-refractivity contribution in [1.82, 2.24) is 0 Å². The van der Waals surface area contributed by atoms with Crippen LogP contribution in [0.25, 0.3) is 0 Å². The van der Waals surface area contributed by atoms with Gasteiger partial charge in [0, 0.05) is 10.8 Å². The third-order valence-corrected chi connectivity index (χ3v) is 4.72. The van der Waals surface area contributed by atoms with E-state index in [1.807, 2.05) is 0 Å². The maximum Gasteiger partial charge on any atom is 0.0212 e. The Hall–Kier alpha value is -1.22. The Kier molecular flexibility index (Phi) is 23.1. The smallest absolute Gasteiger partial charge is 0.0212 e. The van der Waals surface area contributed by atoms with Crippen molar-refractivity contribution in [3.05, 3.63) is 30.3 Å². The Balaban J connectivity index is -0.000000400. The van der Waals surface area contributed by atoms with Gasteiger partial charge in [-0.25, -0.2) is 0 Å². The van der Waals surface area contributed by atoms with Crippen LogP contribution in [0, 0.1) is 23.0 Å². The van der Waals surface area contributed by atoms with E-state index in [0.717, 1.165) is 5.92 Å². The van der Waals surface area contributed by atoms with Gasteiger partial charge in [0.2, 0.25) is 0 Å². The van der Waals surface area contributed by atoms with Crippen LogP contribution in [0.15, 0.2) is 35.2 Å². The number of hydrogen-bond donors (Lipinski definition) is 0. The second-order valence-corrected chi connectivity index (χ2v) is 6.40. The predicted molar refractivity (Wildman–Crippen MR) is 97.6 cm³/mol. The van der Waals surface area contributed by atoms with Crippen LogP contribution in [0.1, 0.15) is 51.9 Å². The van der Waals surface area contributed by atoms with Crippen LogP contribution in [-0.2, 0) is 0 Å². The number of unbranched alkanes of at least 4 members (excludes halogenated alkanes) is 1. The van der Waals surface area contributed by atoms with Crippen molar-refractivity contribution in [2.24, 2.45) is 11.8 Å². The molecule has 6 heteroatoms. The van der Waals surface area contributed by atoms with Crippen molar-refractivity contribution in [2.45, 2.75) is 56.8 Å². The summed E-state index contributed by atoms with van der Waals surface area (Å²) in [5.41, 5.74) is 0. The van der Waals surface area contributed by atoms with Crippen molar-refractivity contribution in [3.63, 3.8) is 0 Å². The lowest BCUT2D eigenvalue weighted by molar-refractivity contribution is 0.296. The molecule has 0 aliphatic heterocycles. The van der Waals surface area contributed by atoms with Crippen molar-refractivity contribution >= 4 is 11.8 Å². The third kappa shape index (κ3) is 11.3. The maximum absolute atomic E-state index is 3.46. The molecule has 142 valence electrons. The maximum atomic E-state index is 3.46. The Morgan fingerprint density at radius 3 is 2.04 bits per heavy atom. The van der Waals surface area contributed by atoms with Crippen molar-refractivity contribution in [2.75, 3.05) is 0 Å². The molecule has 1 saturated carbocycles. The zero-order chi connectivity index (χ0) is 13.3. The van der Waals surface area contributed by atoms with Crippen LogP contribution < -0.4 is 0 Å². The quantitative estimate of drug-likeness (QED) is 0.330. The molecule has 2 rings (SSSR count). The highest BCUT2D eigenvalue weighted by Crippen LogP contribution is 2.31. The molecule has 0 saturated heterocycles. The average Bonchev–Trinajstić information content (AvgIpc) is 2.47. The first-order valence-corrected chi connectivity index (χ1v) is 8.42. The minimum absolute atomic E-state index is 0. The van der Waals surface area contributed by atoms with Crippen molar-refractivity contribution in [1.29, 1.82) is 0 Å². The summed E-state index contributed by atoms with van der Waals surface area (Å²) in [5, 5.41) is 3.30. The van der Waals surface area contributed by atoms with E-state index >= 15 is 0 Å². The molecule has 0 bridgehead atoms. The van der Waals surface area contributed by atoms with Gasteiger partial charge in [-0.2, -0.15) is 0 Å². The summed E-state index contributed by atoms with van der Waals surface area (Å²) in [5.74, 6) is 5.09. The fraction of sp³-hybridized carbons (Fsp3) is 0.556. The molecule has 0 amide bonds. The van der Waals surface area contributed by atoms with E-state index in [9.17, 15) is 0 Å². The molecule has 1 aromatic carbocycles. The molecule has 1 aliphatic carbocycles. The summed E-state index contributed by atoms with van der Waals surface area (Å²) < 4.78 is 0. The van der Waals surface area contributed by atoms with Gasteiger partial charge >= 0.3 is 0 Å². The van der Waals surface area contributed by atoms with Gasteiger partial charge in [0.1, 0.15) is 0 Å². The van der Waals surface area contributed by atoms with E-state index in [0.29, 0.717) is 5.92 Å². The molecule has 0 N–H and O–H groups in total. The van der Waals surface area contributed by atoms with E-state index in [1.165, 1.54) is 49.8 Å². The van der Waals surface area contributed by atoms with Crippen molar-refractivity contribution in [3.8, 4) is 11.2 Å². The zero-order valence-corrected chi connectivity index (χ0v) is 14.8. The molecule has 0 unspecified atom stereocenters. The molecule has 0 nitrogen and oxygen atoms in total. The fourth-order valence-corrected chi connectivity index (χ4v) is 3.39. The Morgan fingerprint density at radius 1 is 0.917 bits per heavy atom. The molecule has 24 heavy (non-hydrogen) atoms. The monoisotopic (exact) mass is 372 g/mol. The summed E-state index contributed by atoms with van der Waals surface area (Å²) in [4.78, 5) is 1.26. The molecule has 1 aliphatic rings. The van der Waals surface area contributed by atoms with Gasteiger partial charge in [-0.1, -0.05) is 50.3 Å². The summed E-state index contributed by atoms with van der Waals surface area (Å²) in [6.07, 6.45) is 9.62. The fourth-order valence-electron chi connectivity index (χ4n) is 2.75. The van der Waals surface area contributed by atoms with Gasteiger partial charge in [-0.15, -0.1) is 0 Å². The average molecular weight is 372 g/mol. The Morgan fingerprint density at radius 2 is 1.50 bits per heavy atom. The van der Waals surface area contributed by atoms with Gasteiger partial charge in [-0.05, 0) is 60.7 Å². The first-order chi connectivity index (χ1) is 9.38. The topological polar surface area (TPSA) is 0 Å². The molecule has 0 heterocycles. The molecular weight excluding hydrogens is 343 g/mol. The summed E-state index contributed by atoms with van der Waals surface area (Å²) in [6, 6.07) is 10.4. The summed E-state index contributed by atoms with van der Waals surface area (Å²) in [6.45, 7) is 2.29. The van der Waals surface area contributed by atoms with Gasteiger partial charge in [-0.3, -0.25) is 23.5 Å². The Bertz CT molecular complexity index is 422. The molecule has 0 radical (unpaired) electrons. The highest BCUT2D eigenvalue weighted by Gasteiger charge is 2.19. The summed E-state index contributed by atoms with van der Waals surface area (Å²) in [7, 11) is 0. The van der Waals surface area contributed by atoms with E-state index in [1.54, 1.807) is 11.8 Å². The van der Waals surface area contributed by atoms with Gasteiger partial charge in [0.25, 0.3) is 0 Å². The van der Waals surface area contributed by atoms with Gasteiger partial charge < -0.3 is 0 Å². The normalized spacial score (nSPS) is 17.9. The second-order valence-electron chi connectivity index (χ2n) is 5.52. The van der Waals surface area contributed by atoms with Crippen LogP contribution in [0.5, 0.6) is 0 Å². The number of hydrogen-bond acceptors (Lipinski definition) is 1. The molecular formula is C18H29F5S. The SMILES string of the molecule is CCCCC1CCC(C#CSc2ccccc2)CC1.F.F.F.F.F. The zero-order valence-electron chi connectivity index (χ0n) is 13.9. The Labute approximate surface area is 146 Å².